The van der Waals surface area contributed by atoms with Crippen LogP contribution in [0, 0.1) is 0 Å². The van der Waals surface area contributed by atoms with Crippen molar-refractivity contribution < 1.29 is 9.59 Å². The second-order valence-electron chi connectivity index (χ2n) is 4.96. The average Bonchev–Trinajstić information content (AvgIpc) is 2.48. The van der Waals surface area contributed by atoms with Gasteiger partial charge in [-0.2, -0.15) is 0 Å². The van der Waals surface area contributed by atoms with E-state index in [2.05, 4.69) is 17.4 Å². The van der Waals surface area contributed by atoms with E-state index in [-0.39, 0.29) is 5.91 Å². The number of unbranched alkanes of at least 4 members (excludes halogenated alkanes) is 1. The maximum Gasteiger partial charge on any atom is 0.312 e. The van der Waals surface area contributed by atoms with Crippen LogP contribution in [0.15, 0.2) is 30.3 Å². The number of rotatable bonds is 9. The Morgan fingerprint density at radius 2 is 1.90 bits per heavy atom. The van der Waals surface area contributed by atoms with Crippen LogP contribution in [0.3, 0.4) is 0 Å². The molecule has 0 aromatic heterocycles. The van der Waals surface area contributed by atoms with Crippen molar-refractivity contribution in [1.82, 2.24) is 10.2 Å². The van der Waals surface area contributed by atoms with Gasteiger partial charge in [0.15, 0.2) is 0 Å². The molecule has 0 radical (unpaired) electrons. The summed E-state index contributed by atoms with van der Waals surface area (Å²) in [5.41, 5.74) is 6.22. The molecular formula is C16H25N3O2. The van der Waals surface area contributed by atoms with Crippen molar-refractivity contribution in [3.05, 3.63) is 35.9 Å². The Morgan fingerprint density at radius 1 is 1.19 bits per heavy atom. The molecule has 0 spiro atoms. The molecule has 0 aliphatic carbocycles. The van der Waals surface area contributed by atoms with Crippen LogP contribution in [0.4, 0.5) is 4.79 Å². The predicted octanol–water partition coefficient (Wildman–Crippen LogP) is 1.92. The zero-order valence-corrected chi connectivity index (χ0v) is 12.7. The number of benzene rings is 1. The van der Waals surface area contributed by atoms with Gasteiger partial charge in [-0.3, -0.25) is 4.79 Å². The van der Waals surface area contributed by atoms with Crippen molar-refractivity contribution >= 4 is 11.9 Å². The first-order valence-electron chi connectivity index (χ1n) is 7.48. The van der Waals surface area contributed by atoms with Crippen LogP contribution in [0.25, 0.3) is 0 Å². The van der Waals surface area contributed by atoms with Crippen LogP contribution in [-0.4, -0.2) is 36.5 Å². The van der Waals surface area contributed by atoms with Crippen molar-refractivity contribution in [1.29, 1.82) is 0 Å². The molecule has 0 atom stereocenters. The van der Waals surface area contributed by atoms with Gasteiger partial charge in [0.1, 0.15) is 0 Å². The Morgan fingerprint density at radius 3 is 2.52 bits per heavy atom. The molecule has 0 aliphatic heterocycles. The van der Waals surface area contributed by atoms with Crippen LogP contribution in [-0.2, 0) is 11.2 Å². The van der Waals surface area contributed by atoms with Gasteiger partial charge in [0.05, 0.1) is 0 Å². The fourth-order valence-corrected chi connectivity index (χ4v) is 2.14. The number of likely N-dealkylation sites (N-methyl/N-ethyl adjacent to an activating group) is 1. The molecule has 3 N–H and O–H groups in total. The lowest BCUT2D eigenvalue weighted by atomic mass is 10.1. The van der Waals surface area contributed by atoms with Crippen molar-refractivity contribution in [3.63, 3.8) is 0 Å². The highest BCUT2D eigenvalue weighted by atomic mass is 16.2. The minimum atomic E-state index is -0.514. The number of urea groups is 1. The molecule has 0 fully saturated rings. The highest BCUT2D eigenvalue weighted by molar-refractivity contribution is 5.76. The molecule has 21 heavy (non-hydrogen) atoms. The number of amides is 3. The molecule has 116 valence electrons. The number of hydrogen-bond donors (Lipinski definition) is 2. The van der Waals surface area contributed by atoms with E-state index in [0.717, 1.165) is 32.4 Å². The third kappa shape index (κ3) is 7.34. The van der Waals surface area contributed by atoms with Gasteiger partial charge in [-0.25, -0.2) is 4.79 Å². The molecule has 3 amide bonds. The quantitative estimate of drug-likeness (QED) is 0.682. The Bertz CT molecular complexity index is 434. The summed E-state index contributed by atoms with van der Waals surface area (Å²) in [7, 11) is 0. The standard InChI is InChI=1S/C16H25N3O2/c1-2-19(13-11-14-8-4-3-5-9-14)15(20)10-6-7-12-18-16(17)21/h3-5,8-9H,2,6-7,10-13H2,1H3,(H3,17,18,21). The lowest BCUT2D eigenvalue weighted by molar-refractivity contribution is -0.131. The summed E-state index contributed by atoms with van der Waals surface area (Å²) in [6, 6.07) is 9.66. The minimum absolute atomic E-state index is 0.174. The second kappa shape index (κ2) is 9.80. The molecule has 0 unspecified atom stereocenters. The SMILES string of the molecule is CCN(CCc1ccccc1)C(=O)CCCCNC(N)=O. The molecular weight excluding hydrogens is 266 g/mol. The van der Waals surface area contributed by atoms with Crippen molar-refractivity contribution in [3.8, 4) is 0 Å². The lowest BCUT2D eigenvalue weighted by Gasteiger charge is -2.21. The second-order valence-corrected chi connectivity index (χ2v) is 4.96. The van der Waals surface area contributed by atoms with Gasteiger partial charge in [-0.1, -0.05) is 30.3 Å². The van der Waals surface area contributed by atoms with Gasteiger partial charge in [-0.15, -0.1) is 0 Å². The maximum absolute atomic E-state index is 12.1. The first-order valence-corrected chi connectivity index (χ1v) is 7.48. The third-order valence-corrected chi connectivity index (χ3v) is 3.36. The lowest BCUT2D eigenvalue weighted by Crippen LogP contribution is -2.33. The molecule has 5 nitrogen and oxygen atoms in total. The van der Waals surface area contributed by atoms with Crippen molar-refractivity contribution in [2.24, 2.45) is 5.73 Å². The summed E-state index contributed by atoms with van der Waals surface area (Å²) in [6.45, 7) is 4.00. The van der Waals surface area contributed by atoms with Crippen molar-refractivity contribution in [2.75, 3.05) is 19.6 Å². The summed E-state index contributed by atoms with van der Waals surface area (Å²) in [5, 5.41) is 2.52. The summed E-state index contributed by atoms with van der Waals surface area (Å²) in [4.78, 5) is 24.5. The van der Waals surface area contributed by atoms with Gasteiger partial charge in [0.25, 0.3) is 0 Å². The molecule has 1 aromatic rings. The number of carbonyl (C=O) groups is 2. The molecule has 0 heterocycles. The molecule has 5 heteroatoms. The van der Waals surface area contributed by atoms with E-state index >= 15 is 0 Å². The Hall–Kier alpha value is -2.04. The van der Waals surface area contributed by atoms with Crippen LogP contribution in [0.1, 0.15) is 31.7 Å². The van der Waals surface area contributed by atoms with E-state index < -0.39 is 6.03 Å². The van der Waals surface area contributed by atoms with Gasteiger partial charge in [-0.05, 0) is 31.7 Å². The molecule has 1 aromatic carbocycles. The van der Waals surface area contributed by atoms with E-state index in [1.54, 1.807) is 0 Å². The third-order valence-electron chi connectivity index (χ3n) is 3.36. The van der Waals surface area contributed by atoms with Gasteiger partial charge in [0.2, 0.25) is 5.91 Å². The highest BCUT2D eigenvalue weighted by Crippen LogP contribution is 2.05. The summed E-state index contributed by atoms with van der Waals surface area (Å²) >= 11 is 0. The van der Waals surface area contributed by atoms with E-state index in [9.17, 15) is 9.59 Å². The normalized spacial score (nSPS) is 10.1. The first kappa shape index (κ1) is 17.0. The van der Waals surface area contributed by atoms with E-state index in [1.165, 1.54) is 5.56 Å². The van der Waals surface area contributed by atoms with Gasteiger partial charge < -0.3 is 16.0 Å². The number of nitrogens with two attached hydrogens (primary N) is 1. The van der Waals surface area contributed by atoms with Gasteiger partial charge in [0, 0.05) is 26.1 Å². The molecule has 0 saturated heterocycles. The van der Waals surface area contributed by atoms with Crippen LogP contribution in [0.5, 0.6) is 0 Å². The monoisotopic (exact) mass is 291 g/mol. The number of nitrogens with zero attached hydrogens (tertiary/aromatic N) is 1. The van der Waals surface area contributed by atoms with Gasteiger partial charge >= 0.3 is 6.03 Å². The molecule has 0 saturated carbocycles. The number of primary amides is 1. The Kier molecular flexibility index (Phi) is 7.94. The summed E-state index contributed by atoms with van der Waals surface area (Å²) in [5.74, 6) is 0.174. The summed E-state index contributed by atoms with van der Waals surface area (Å²) in [6.07, 6.45) is 2.93. The number of nitrogens with one attached hydrogen (secondary N) is 1. The fourth-order valence-electron chi connectivity index (χ4n) is 2.14. The zero-order chi connectivity index (χ0) is 15.5. The van der Waals surface area contributed by atoms with E-state index in [4.69, 9.17) is 5.73 Å². The number of hydrogen-bond acceptors (Lipinski definition) is 2. The van der Waals surface area contributed by atoms with Crippen LogP contribution >= 0.6 is 0 Å². The summed E-state index contributed by atoms with van der Waals surface area (Å²) < 4.78 is 0. The highest BCUT2D eigenvalue weighted by Gasteiger charge is 2.10. The van der Waals surface area contributed by atoms with Crippen molar-refractivity contribution in [2.45, 2.75) is 32.6 Å². The molecule has 1 rings (SSSR count). The number of carbonyl (C=O) groups excluding carboxylic acids is 2. The average molecular weight is 291 g/mol. The zero-order valence-electron chi connectivity index (χ0n) is 12.7. The molecule has 0 bridgehead atoms. The topological polar surface area (TPSA) is 75.4 Å². The Balaban J connectivity index is 2.24. The predicted molar refractivity (Wildman–Crippen MR) is 83.8 cm³/mol. The minimum Gasteiger partial charge on any atom is -0.352 e. The molecule has 0 aliphatic rings. The van der Waals surface area contributed by atoms with E-state index in [0.29, 0.717) is 13.0 Å². The van der Waals surface area contributed by atoms with E-state index in [1.807, 2.05) is 30.0 Å². The van der Waals surface area contributed by atoms with Crippen LogP contribution in [0.2, 0.25) is 0 Å². The largest absolute Gasteiger partial charge is 0.352 e. The smallest absolute Gasteiger partial charge is 0.312 e. The maximum atomic E-state index is 12.1. The van der Waals surface area contributed by atoms with Crippen LogP contribution < -0.4 is 11.1 Å². The first-order chi connectivity index (χ1) is 10.1. The fraction of sp³-hybridized carbons (Fsp3) is 0.500. The Labute approximate surface area is 126 Å².